The molecule has 1 saturated heterocycles. The molecule has 0 unspecified atom stereocenters. The van der Waals surface area contributed by atoms with E-state index in [1.54, 1.807) is 40.2 Å². The van der Waals surface area contributed by atoms with E-state index in [1.807, 2.05) is 18.2 Å². The van der Waals surface area contributed by atoms with Gasteiger partial charge in [0.1, 0.15) is 5.82 Å². The molecule has 4 heterocycles. The van der Waals surface area contributed by atoms with Crippen LogP contribution in [0.3, 0.4) is 0 Å². The number of carbonyl (C=O) groups is 1. The van der Waals surface area contributed by atoms with Crippen molar-refractivity contribution in [3.05, 3.63) is 77.8 Å². The Labute approximate surface area is 168 Å². The number of rotatable bonds is 3. The van der Waals surface area contributed by atoms with Crippen molar-refractivity contribution in [3.63, 3.8) is 0 Å². The van der Waals surface area contributed by atoms with Gasteiger partial charge in [-0.15, -0.1) is 0 Å². The van der Waals surface area contributed by atoms with Crippen LogP contribution in [0, 0.1) is 11.3 Å². The Kier molecular flexibility index (Phi) is 3.91. The second kappa shape index (κ2) is 6.60. The Bertz CT molecular complexity index is 1170. The summed E-state index contributed by atoms with van der Waals surface area (Å²) in [5, 5.41) is 13.7. The molecule has 0 saturated carbocycles. The van der Waals surface area contributed by atoms with Crippen molar-refractivity contribution >= 4 is 17.4 Å². The van der Waals surface area contributed by atoms with E-state index < -0.39 is 0 Å². The summed E-state index contributed by atoms with van der Waals surface area (Å²) < 4.78 is 1.70. The lowest BCUT2D eigenvalue weighted by atomic mass is 10.2. The van der Waals surface area contributed by atoms with Crippen molar-refractivity contribution in [2.75, 3.05) is 22.9 Å². The van der Waals surface area contributed by atoms with Crippen LogP contribution in [-0.2, 0) is 6.54 Å². The quantitative estimate of drug-likeness (QED) is 0.651. The lowest BCUT2D eigenvalue weighted by molar-refractivity contribution is 0.0996. The maximum absolute atomic E-state index is 12.9. The number of hydrogen-bond acceptors (Lipinski definition) is 5. The molecule has 29 heavy (non-hydrogen) atoms. The molecule has 0 aliphatic carbocycles. The fraction of sp³-hybridized carbons (Fsp3) is 0.182. The average molecular weight is 382 g/mol. The van der Waals surface area contributed by atoms with Crippen LogP contribution in [0.2, 0.25) is 0 Å². The molecule has 0 N–H and O–H groups in total. The van der Waals surface area contributed by atoms with Crippen molar-refractivity contribution in [3.8, 4) is 11.8 Å². The smallest absolute Gasteiger partial charge is 0.262 e. The summed E-state index contributed by atoms with van der Waals surface area (Å²) in [6, 6.07) is 13.1. The molecular formula is C22H18N6O. The van der Waals surface area contributed by atoms with Crippen LogP contribution in [0.5, 0.6) is 0 Å². The van der Waals surface area contributed by atoms with E-state index in [1.165, 1.54) is 5.57 Å². The maximum atomic E-state index is 12.9. The Morgan fingerprint density at radius 2 is 2.03 bits per heavy atom. The minimum absolute atomic E-state index is 0.110. The van der Waals surface area contributed by atoms with Gasteiger partial charge in [0, 0.05) is 25.0 Å². The predicted molar refractivity (Wildman–Crippen MR) is 109 cm³/mol. The number of amides is 1. The third-order valence-corrected chi connectivity index (χ3v) is 5.33. The van der Waals surface area contributed by atoms with Gasteiger partial charge < -0.3 is 9.80 Å². The number of aromatic nitrogens is 3. The van der Waals surface area contributed by atoms with Crippen molar-refractivity contribution in [1.82, 2.24) is 14.8 Å². The molecule has 0 atom stereocenters. The molecule has 2 aliphatic heterocycles. The molecule has 7 nitrogen and oxygen atoms in total. The van der Waals surface area contributed by atoms with E-state index in [4.69, 9.17) is 5.26 Å². The van der Waals surface area contributed by atoms with Crippen LogP contribution in [0.4, 0.5) is 11.5 Å². The second-order valence-electron chi connectivity index (χ2n) is 7.28. The van der Waals surface area contributed by atoms with Crippen LogP contribution in [-0.4, -0.2) is 33.8 Å². The van der Waals surface area contributed by atoms with Crippen LogP contribution >= 0.6 is 0 Å². The van der Waals surface area contributed by atoms with Gasteiger partial charge >= 0.3 is 0 Å². The molecule has 0 radical (unpaired) electrons. The molecule has 5 rings (SSSR count). The van der Waals surface area contributed by atoms with Gasteiger partial charge in [-0.05, 0) is 36.8 Å². The molecule has 0 bridgehead atoms. The fourth-order valence-electron chi connectivity index (χ4n) is 3.77. The summed E-state index contributed by atoms with van der Waals surface area (Å²) >= 11 is 0. The van der Waals surface area contributed by atoms with Crippen LogP contribution < -0.4 is 9.80 Å². The summed E-state index contributed by atoms with van der Waals surface area (Å²) in [6.07, 6.45) is 4.53. The second-order valence-corrected chi connectivity index (χ2v) is 7.28. The Morgan fingerprint density at radius 1 is 1.14 bits per heavy atom. The molecule has 1 fully saturated rings. The molecule has 1 aromatic carbocycles. The van der Waals surface area contributed by atoms with Gasteiger partial charge in [-0.2, -0.15) is 10.4 Å². The number of anilines is 2. The highest BCUT2D eigenvalue weighted by Crippen LogP contribution is 2.29. The van der Waals surface area contributed by atoms with E-state index in [2.05, 4.69) is 27.6 Å². The van der Waals surface area contributed by atoms with Gasteiger partial charge in [0.25, 0.3) is 5.91 Å². The molecule has 1 amide bonds. The number of fused-ring (bicyclic) bond motifs is 1. The first-order valence-electron chi connectivity index (χ1n) is 9.41. The Hall–Kier alpha value is -3.92. The minimum atomic E-state index is -0.110. The summed E-state index contributed by atoms with van der Waals surface area (Å²) in [4.78, 5) is 21.3. The average Bonchev–Trinajstić information content (AvgIpc) is 3.44. The first-order valence-corrected chi connectivity index (χ1v) is 9.41. The van der Waals surface area contributed by atoms with Gasteiger partial charge in [-0.3, -0.25) is 4.79 Å². The molecule has 0 spiro atoms. The molecule has 2 aliphatic rings. The summed E-state index contributed by atoms with van der Waals surface area (Å²) in [7, 11) is 0. The Morgan fingerprint density at radius 3 is 2.72 bits per heavy atom. The van der Waals surface area contributed by atoms with E-state index in [9.17, 15) is 4.79 Å². The van der Waals surface area contributed by atoms with E-state index in [0.717, 1.165) is 36.7 Å². The van der Waals surface area contributed by atoms with Crippen molar-refractivity contribution in [2.24, 2.45) is 0 Å². The normalized spacial score (nSPS) is 15.7. The zero-order valence-electron chi connectivity index (χ0n) is 15.7. The number of carbonyl (C=O) groups excluding carboxylic acids is 1. The number of nitrogens with zero attached hydrogens (tertiary/aromatic N) is 6. The first kappa shape index (κ1) is 17.2. The Balaban J connectivity index is 1.37. The topological polar surface area (TPSA) is 78.0 Å². The van der Waals surface area contributed by atoms with Crippen LogP contribution in [0.15, 0.2) is 60.9 Å². The summed E-state index contributed by atoms with van der Waals surface area (Å²) in [5.74, 6) is 0.813. The highest BCUT2D eigenvalue weighted by atomic mass is 16.2. The summed E-state index contributed by atoms with van der Waals surface area (Å²) in [5.41, 5.74) is 4.56. The molecular weight excluding hydrogens is 364 g/mol. The number of hydrogen-bond donors (Lipinski definition) is 0. The molecule has 3 aromatic rings. The van der Waals surface area contributed by atoms with Crippen LogP contribution in [0.25, 0.3) is 5.69 Å². The first-order chi connectivity index (χ1) is 14.1. The van der Waals surface area contributed by atoms with Crippen molar-refractivity contribution in [1.29, 1.82) is 5.26 Å². The minimum Gasteiger partial charge on any atom is -0.352 e. The molecule has 7 heteroatoms. The third-order valence-electron chi connectivity index (χ3n) is 5.33. The zero-order chi connectivity index (χ0) is 20.0. The maximum Gasteiger partial charge on any atom is 0.262 e. The number of nitriles is 1. The largest absolute Gasteiger partial charge is 0.352 e. The van der Waals surface area contributed by atoms with Gasteiger partial charge in [-0.1, -0.05) is 18.2 Å². The van der Waals surface area contributed by atoms with Crippen molar-refractivity contribution in [2.45, 2.75) is 13.0 Å². The lowest BCUT2D eigenvalue weighted by Gasteiger charge is -2.17. The summed E-state index contributed by atoms with van der Waals surface area (Å²) in [6.45, 7) is 6.21. The standard InChI is InChI=1S/C22H18N6O/c1-15-7-8-26(12-15)21-6-5-18(11-24-21)28-13-19-20(25-28)14-27(22(19)29)17-4-2-3-16(9-17)10-23/h2-6,9,11,13H,1,7-8,12,14H2. The van der Waals surface area contributed by atoms with Gasteiger partial charge in [0.15, 0.2) is 0 Å². The highest BCUT2D eigenvalue weighted by Gasteiger charge is 2.32. The van der Waals surface area contributed by atoms with E-state index >= 15 is 0 Å². The predicted octanol–water partition coefficient (Wildman–Crippen LogP) is 3.07. The van der Waals surface area contributed by atoms with Crippen LogP contribution in [0.1, 0.15) is 28.0 Å². The number of benzene rings is 1. The highest BCUT2D eigenvalue weighted by molar-refractivity contribution is 6.09. The number of pyridine rings is 1. The zero-order valence-corrected chi connectivity index (χ0v) is 15.7. The monoisotopic (exact) mass is 382 g/mol. The third kappa shape index (κ3) is 2.95. The SMILES string of the molecule is C=C1CCN(c2ccc(-n3cc4c(n3)CN(c3cccc(C#N)c3)C4=O)cn2)C1. The van der Waals surface area contributed by atoms with Gasteiger partial charge in [0.05, 0.1) is 41.3 Å². The fourth-order valence-corrected chi connectivity index (χ4v) is 3.77. The van der Waals surface area contributed by atoms with E-state index in [-0.39, 0.29) is 5.91 Å². The van der Waals surface area contributed by atoms with Crippen molar-refractivity contribution < 1.29 is 4.79 Å². The lowest BCUT2D eigenvalue weighted by Crippen LogP contribution is -2.23. The van der Waals surface area contributed by atoms with Gasteiger partial charge in [-0.25, -0.2) is 9.67 Å². The van der Waals surface area contributed by atoms with Gasteiger partial charge in [0.2, 0.25) is 0 Å². The van der Waals surface area contributed by atoms with E-state index in [0.29, 0.717) is 23.4 Å². The molecule has 2 aromatic heterocycles. The molecule has 142 valence electrons.